The topological polar surface area (TPSA) is 83.9 Å². The predicted octanol–water partition coefficient (Wildman–Crippen LogP) is 5.01. The number of benzene rings is 2. The van der Waals surface area contributed by atoms with Gasteiger partial charge in [-0.1, -0.05) is 24.3 Å². The molecule has 3 aromatic rings. The number of pyridine rings is 1. The number of hydrogen-bond acceptors (Lipinski definition) is 6. The fourth-order valence-corrected chi connectivity index (χ4v) is 4.79. The van der Waals surface area contributed by atoms with Gasteiger partial charge in [-0.3, -0.25) is 4.79 Å². The number of aromatic nitrogens is 1. The third-order valence-corrected chi connectivity index (χ3v) is 6.76. The molecule has 1 aliphatic carbocycles. The molecule has 204 valence electrons. The smallest absolute Gasteiger partial charge is 0.245 e. The first-order valence-electron chi connectivity index (χ1n) is 13.3. The summed E-state index contributed by atoms with van der Waals surface area (Å²) in [6, 6.07) is 16.0. The van der Waals surface area contributed by atoms with E-state index in [4.69, 9.17) is 9.47 Å². The van der Waals surface area contributed by atoms with Crippen LogP contribution in [0.3, 0.4) is 0 Å². The van der Waals surface area contributed by atoms with E-state index < -0.39 is 0 Å². The minimum Gasteiger partial charge on any atom is -0.508 e. The van der Waals surface area contributed by atoms with Crippen LogP contribution >= 0.6 is 0 Å². The van der Waals surface area contributed by atoms with Gasteiger partial charge in [0.2, 0.25) is 11.8 Å². The number of carbonyl (C=O) groups excluding carboxylic acids is 1. The summed E-state index contributed by atoms with van der Waals surface area (Å²) in [7, 11) is 5.10. The van der Waals surface area contributed by atoms with Crippen LogP contribution in [0.5, 0.6) is 17.4 Å². The van der Waals surface area contributed by atoms with Gasteiger partial charge in [-0.05, 0) is 89.9 Å². The van der Waals surface area contributed by atoms with Crippen molar-refractivity contribution >= 4 is 17.1 Å². The molecule has 0 saturated heterocycles. The number of phenolic OH excluding ortho intramolecular Hbond substituents is 1. The fraction of sp³-hybridized carbons (Fsp3) is 0.312. The Morgan fingerprint density at radius 1 is 1.10 bits per heavy atom. The standard InChI is InChI=1S/C32H37N3O4/c1-22-19-25(21-34-32(22)38-4)28-8-5-7-24-20-26(36)12-15-29(24)31(28)23-10-13-27(14-11-23)39-18-17-33-16-6-9-30(37)35(2)3/h6,9-15,19-21,33,36H,5,7-8,16-18H2,1-4H3/b9-6+. The van der Waals surface area contributed by atoms with Crippen LogP contribution in [0, 0.1) is 6.92 Å². The number of aromatic hydroxyl groups is 1. The molecule has 4 rings (SSSR count). The zero-order valence-corrected chi connectivity index (χ0v) is 23.2. The Morgan fingerprint density at radius 3 is 2.62 bits per heavy atom. The Morgan fingerprint density at radius 2 is 1.90 bits per heavy atom. The van der Waals surface area contributed by atoms with Crippen molar-refractivity contribution in [3.05, 3.63) is 94.7 Å². The van der Waals surface area contributed by atoms with Crippen LogP contribution in [0.15, 0.2) is 66.9 Å². The van der Waals surface area contributed by atoms with E-state index in [-0.39, 0.29) is 11.7 Å². The number of nitrogens with one attached hydrogen (secondary N) is 1. The summed E-state index contributed by atoms with van der Waals surface area (Å²) in [6.07, 6.45) is 8.04. The van der Waals surface area contributed by atoms with E-state index in [1.54, 1.807) is 33.3 Å². The molecule has 2 aromatic carbocycles. The quantitative estimate of drug-likeness (QED) is 0.285. The monoisotopic (exact) mass is 527 g/mol. The minimum absolute atomic E-state index is 0.0297. The first-order valence-corrected chi connectivity index (χ1v) is 13.3. The van der Waals surface area contributed by atoms with Gasteiger partial charge in [0, 0.05) is 45.0 Å². The van der Waals surface area contributed by atoms with Crippen LogP contribution in [0.25, 0.3) is 11.1 Å². The van der Waals surface area contributed by atoms with Gasteiger partial charge in [0.1, 0.15) is 18.1 Å². The molecule has 0 radical (unpaired) electrons. The maximum absolute atomic E-state index is 11.6. The Bertz CT molecular complexity index is 1360. The highest BCUT2D eigenvalue weighted by Crippen LogP contribution is 2.41. The van der Waals surface area contributed by atoms with Crippen molar-refractivity contribution in [2.24, 2.45) is 0 Å². The van der Waals surface area contributed by atoms with Gasteiger partial charge in [0.15, 0.2) is 0 Å². The molecule has 0 spiro atoms. The van der Waals surface area contributed by atoms with Crippen molar-refractivity contribution in [3.8, 4) is 17.4 Å². The maximum Gasteiger partial charge on any atom is 0.245 e. The van der Waals surface area contributed by atoms with Gasteiger partial charge in [-0.2, -0.15) is 0 Å². The van der Waals surface area contributed by atoms with Gasteiger partial charge < -0.3 is 24.8 Å². The number of aryl methyl sites for hydroxylation is 2. The molecular weight excluding hydrogens is 490 g/mol. The molecule has 0 unspecified atom stereocenters. The number of ether oxygens (including phenoxy) is 2. The van der Waals surface area contributed by atoms with Gasteiger partial charge in [0.05, 0.1) is 7.11 Å². The van der Waals surface area contributed by atoms with E-state index in [9.17, 15) is 9.90 Å². The number of carbonyl (C=O) groups is 1. The van der Waals surface area contributed by atoms with E-state index in [1.807, 2.05) is 43.5 Å². The molecule has 39 heavy (non-hydrogen) atoms. The average molecular weight is 528 g/mol. The molecular formula is C32H37N3O4. The lowest BCUT2D eigenvalue weighted by Crippen LogP contribution is -2.22. The van der Waals surface area contributed by atoms with E-state index in [2.05, 4.69) is 28.5 Å². The van der Waals surface area contributed by atoms with E-state index in [1.165, 1.54) is 10.5 Å². The van der Waals surface area contributed by atoms with Crippen molar-refractivity contribution < 1.29 is 19.4 Å². The maximum atomic E-state index is 11.6. The summed E-state index contributed by atoms with van der Waals surface area (Å²) < 4.78 is 11.3. The number of phenols is 1. The number of fused-ring (bicyclic) bond motifs is 1. The number of hydrogen-bond donors (Lipinski definition) is 2. The normalized spacial score (nSPS) is 13.2. The fourth-order valence-electron chi connectivity index (χ4n) is 4.79. The van der Waals surface area contributed by atoms with Crippen molar-refractivity contribution in [1.29, 1.82) is 0 Å². The third-order valence-electron chi connectivity index (χ3n) is 6.76. The zero-order valence-electron chi connectivity index (χ0n) is 23.2. The number of methoxy groups -OCH3 is 1. The summed E-state index contributed by atoms with van der Waals surface area (Å²) in [5.74, 6) is 1.69. The third kappa shape index (κ3) is 7.06. The Labute approximate surface area is 230 Å². The molecule has 0 atom stereocenters. The summed E-state index contributed by atoms with van der Waals surface area (Å²) in [5, 5.41) is 13.4. The zero-order chi connectivity index (χ0) is 27.8. The Hall–Kier alpha value is -4.10. The summed E-state index contributed by atoms with van der Waals surface area (Å²) in [4.78, 5) is 17.6. The highest BCUT2D eigenvalue weighted by atomic mass is 16.5. The number of nitrogens with zero attached hydrogens (tertiary/aromatic N) is 2. The van der Waals surface area contributed by atoms with Crippen LogP contribution < -0.4 is 14.8 Å². The molecule has 0 fully saturated rings. The van der Waals surface area contributed by atoms with Gasteiger partial charge in [-0.25, -0.2) is 4.98 Å². The number of likely N-dealkylation sites (N-methyl/N-ethyl adjacent to an activating group) is 1. The summed E-state index contributed by atoms with van der Waals surface area (Å²) >= 11 is 0. The minimum atomic E-state index is -0.0297. The van der Waals surface area contributed by atoms with E-state index in [0.717, 1.165) is 58.4 Å². The van der Waals surface area contributed by atoms with Crippen LogP contribution in [-0.2, 0) is 11.2 Å². The molecule has 0 saturated carbocycles. The van der Waals surface area contributed by atoms with Gasteiger partial charge in [0.25, 0.3) is 0 Å². The second-order valence-corrected chi connectivity index (χ2v) is 9.81. The highest BCUT2D eigenvalue weighted by Gasteiger charge is 2.21. The molecule has 0 bridgehead atoms. The largest absolute Gasteiger partial charge is 0.508 e. The number of amides is 1. The number of allylic oxidation sites excluding steroid dienone is 1. The predicted molar refractivity (Wildman–Crippen MR) is 155 cm³/mol. The van der Waals surface area contributed by atoms with Crippen molar-refractivity contribution in [3.63, 3.8) is 0 Å². The second-order valence-electron chi connectivity index (χ2n) is 9.81. The van der Waals surface area contributed by atoms with Crippen molar-refractivity contribution in [2.45, 2.75) is 26.2 Å². The number of rotatable bonds is 10. The average Bonchev–Trinajstić information content (AvgIpc) is 3.11. The van der Waals surface area contributed by atoms with Crippen molar-refractivity contribution in [1.82, 2.24) is 15.2 Å². The van der Waals surface area contributed by atoms with E-state index >= 15 is 0 Å². The molecule has 1 heterocycles. The molecule has 1 aliphatic rings. The van der Waals surface area contributed by atoms with Crippen LogP contribution in [0.2, 0.25) is 0 Å². The van der Waals surface area contributed by atoms with Gasteiger partial charge >= 0.3 is 0 Å². The molecule has 7 nitrogen and oxygen atoms in total. The molecule has 1 aromatic heterocycles. The first-order chi connectivity index (χ1) is 18.9. The Kier molecular flexibility index (Phi) is 9.39. The lowest BCUT2D eigenvalue weighted by molar-refractivity contribution is -0.123. The lowest BCUT2D eigenvalue weighted by atomic mass is 9.88. The van der Waals surface area contributed by atoms with E-state index in [0.29, 0.717) is 25.6 Å². The first kappa shape index (κ1) is 27.9. The second kappa shape index (κ2) is 13.1. The lowest BCUT2D eigenvalue weighted by Gasteiger charge is -2.18. The van der Waals surface area contributed by atoms with Gasteiger partial charge in [-0.15, -0.1) is 0 Å². The Balaban J connectivity index is 1.54. The molecule has 2 N–H and O–H groups in total. The van der Waals surface area contributed by atoms with Crippen LogP contribution in [-0.4, -0.2) is 61.8 Å². The SMILES string of the molecule is COc1ncc(C2=C(c3ccc(OCCNC/C=C/C(=O)N(C)C)cc3)c3ccc(O)cc3CCC2)cc1C. The molecule has 7 heteroatoms. The summed E-state index contributed by atoms with van der Waals surface area (Å²) in [5.41, 5.74) is 7.83. The molecule has 0 aliphatic heterocycles. The van der Waals surface area contributed by atoms with Crippen molar-refractivity contribution in [2.75, 3.05) is 40.9 Å². The van der Waals surface area contributed by atoms with Crippen LogP contribution in [0.4, 0.5) is 0 Å². The highest BCUT2D eigenvalue weighted by molar-refractivity contribution is 6.00. The summed E-state index contributed by atoms with van der Waals surface area (Å²) in [6.45, 7) is 3.80. The molecule has 1 amide bonds. The van der Waals surface area contributed by atoms with Crippen LogP contribution in [0.1, 0.15) is 40.7 Å².